The molecule has 3 nitrogen and oxygen atoms in total. The van der Waals surface area contributed by atoms with E-state index < -0.39 is 0 Å². The van der Waals surface area contributed by atoms with Crippen LogP contribution in [0.15, 0.2) is 11.1 Å². The van der Waals surface area contributed by atoms with Crippen LogP contribution in [0.3, 0.4) is 0 Å². The van der Waals surface area contributed by atoms with Crippen molar-refractivity contribution < 1.29 is 9.59 Å². The van der Waals surface area contributed by atoms with Gasteiger partial charge in [0, 0.05) is 11.1 Å². The smallest absolute Gasteiger partial charge is 0.254 e. The quantitative estimate of drug-likeness (QED) is 0.481. The van der Waals surface area contributed by atoms with Crippen molar-refractivity contribution in [3.8, 4) is 0 Å². The summed E-state index contributed by atoms with van der Waals surface area (Å²) in [6, 6.07) is 0. The van der Waals surface area contributed by atoms with Gasteiger partial charge >= 0.3 is 0 Å². The standard InChI is InChI=1S/C16H27NO2/c1-3-5-7-9-11-13-14(12-10-8-6-4-2)16(19)17-15(13)18/h3-12H2,1-2H3,(H,17,18,19). The Hall–Kier alpha value is -1.12. The minimum atomic E-state index is -0.146. The topological polar surface area (TPSA) is 46.2 Å². The second-order valence-corrected chi connectivity index (χ2v) is 5.36. The Morgan fingerprint density at radius 1 is 0.684 bits per heavy atom. The van der Waals surface area contributed by atoms with Crippen molar-refractivity contribution in [2.75, 3.05) is 0 Å². The van der Waals surface area contributed by atoms with Crippen LogP contribution in [0.4, 0.5) is 0 Å². The first-order valence-electron chi connectivity index (χ1n) is 7.78. The molecule has 0 unspecified atom stereocenters. The number of unbranched alkanes of at least 4 members (excludes halogenated alkanes) is 6. The van der Waals surface area contributed by atoms with Gasteiger partial charge < -0.3 is 0 Å². The highest BCUT2D eigenvalue weighted by molar-refractivity contribution is 6.19. The third-order valence-corrected chi connectivity index (χ3v) is 3.70. The molecule has 0 aliphatic carbocycles. The summed E-state index contributed by atoms with van der Waals surface area (Å²) in [4.78, 5) is 23.5. The maximum Gasteiger partial charge on any atom is 0.254 e. The lowest BCUT2D eigenvalue weighted by Gasteiger charge is -2.04. The van der Waals surface area contributed by atoms with Gasteiger partial charge in [-0.1, -0.05) is 52.4 Å². The monoisotopic (exact) mass is 265 g/mol. The van der Waals surface area contributed by atoms with Crippen LogP contribution in [0.2, 0.25) is 0 Å². The maximum absolute atomic E-state index is 11.8. The molecule has 0 aromatic carbocycles. The average Bonchev–Trinajstić information content (AvgIpc) is 2.65. The molecule has 0 atom stereocenters. The SMILES string of the molecule is CCCCCCC1=C(CCCCCC)C(=O)NC1=O. The van der Waals surface area contributed by atoms with Gasteiger partial charge in [-0.25, -0.2) is 0 Å². The molecule has 0 fully saturated rings. The number of carbonyl (C=O) groups excluding carboxylic acids is 2. The van der Waals surface area contributed by atoms with Gasteiger partial charge in [-0.2, -0.15) is 0 Å². The van der Waals surface area contributed by atoms with E-state index in [-0.39, 0.29) is 11.8 Å². The molecule has 19 heavy (non-hydrogen) atoms. The Bertz CT molecular complexity index is 313. The van der Waals surface area contributed by atoms with Gasteiger partial charge in [-0.05, 0) is 25.7 Å². The van der Waals surface area contributed by atoms with E-state index in [0.717, 1.165) is 49.7 Å². The first-order valence-corrected chi connectivity index (χ1v) is 7.78. The second-order valence-electron chi connectivity index (χ2n) is 5.36. The summed E-state index contributed by atoms with van der Waals surface area (Å²) in [6.45, 7) is 4.34. The van der Waals surface area contributed by atoms with Gasteiger partial charge in [0.15, 0.2) is 0 Å². The number of nitrogens with one attached hydrogen (secondary N) is 1. The zero-order chi connectivity index (χ0) is 14.1. The molecule has 1 heterocycles. The Balaban J connectivity index is 2.49. The number of rotatable bonds is 10. The lowest BCUT2D eigenvalue weighted by atomic mass is 9.98. The Labute approximate surface area is 116 Å². The summed E-state index contributed by atoms with van der Waals surface area (Å²) in [5.74, 6) is -0.293. The first-order chi connectivity index (χ1) is 9.20. The van der Waals surface area contributed by atoms with E-state index >= 15 is 0 Å². The molecule has 1 rings (SSSR count). The molecule has 0 spiro atoms. The van der Waals surface area contributed by atoms with Gasteiger partial charge in [0.1, 0.15) is 0 Å². The molecular weight excluding hydrogens is 238 g/mol. The minimum absolute atomic E-state index is 0.146. The van der Waals surface area contributed by atoms with E-state index in [1.807, 2.05) is 0 Å². The molecule has 0 saturated carbocycles. The lowest BCUT2D eigenvalue weighted by Crippen LogP contribution is -2.23. The summed E-state index contributed by atoms with van der Waals surface area (Å²) in [5, 5.41) is 2.45. The number of imide groups is 1. The van der Waals surface area contributed by atoms with Crippen molar-refractivity contribution >= 4 is 11.8 Å². The fraction of sp³-hybridized carbons (Fsp3) is 0.750. The van der Waals surface area contributed by atoms with Crippen LogP contribution in [0, 0.1) is 0 Å². The van der Waals surface area contributed by atoms with Crippen LogP contribution in [-0.4, -0.2) is 11.8 Å². The molecule has 0 bridgehead atoms. The molecule has 0 aromatic rings. The molecule has 0 aromatic heterocycles. The molecule has 108 valence electrons. The second kappa shape index (κ2) is 8.89. The summed E-state index contributed by atoms with van der Waals surface area (Å²) in [6.07, 6.45) is 10.6. The molecule has 1 N–H and O–H groups in total. The highest BCUT2D eigenvalue weighted by atomic mass is 16.2. The molecule has 1 aliphatic heterocycles. The van der Waals surface area contributed by atoms with Crippen LogP contribution in [0.1, 0.15) is 78.1 Å². The largest absolute Gasteiger partial charge is 0.289 e. The van der Waals surface area contributed by atoms with Gasteiger partial charge in [0.05, 0.1) is 0 Å². The fourth-order valence-electron chi connectivity index (χ4n) is 2.51. The summed E-state index contributed by atoms with van der Waals surface area (Å²) < 4.78 is 0. The van der Waals surface area contributed by atoms with Crippen LogP contribution in [-0.2, 0) is 9.59 Å². The van der Waals surface area contributed by atoms with E-state index in [4.69, 9.17) is 0 Å². The van der Waals surface area contributed by atoms with Crippen molar-refractivity contribution in [3.63, 3.8) is 0 Å². The van der Waals surface area contributed by atoms with Gasteiger partial charge in [-0.3, -0.25) is 14.9 Å². The summed E-state index contributed by atoms with van der Waals surface area (Å²) in [5.41, 5.74) is 1.52. The van der Waals surface area contributed by atoms with E-state index in [9.17, 15) is 9.59 Å². The van der Waals surface area contributed by atoms with Crippen LogP contribution < -0.4 is 5.32 Å². The fourth-order valence-corrected chi connectivity index (χ4v) is 2.51. The number of amides is 2. The van der Waals surface area contributed by atoms with E-state index in [0.29, 0.717) is 0 Å². The predicted octanol–water partition coefficient (Wildman–Crippen LogP) is 3.88. The van der Waals surface area contributed by atoms with Gasteiger partial charge in [0.25, 0.3) is 11.8 Å². The van der Waals surface area contributed by atoms with Gasteiger partial charge in [-0.15, -0.1) is 0 Å². The predicted molar refractivity (Wildman–Crippen MR) is 77.7 cm³/mol. The van der Waals surface area contributed by atoms with Crippen LogP contribution >= 0.6 is 0 Å². The molecule has 0 radical (unpaired) electrons. The average molecular weight is 265 g/mol. The van der Waals surface area contributed by atoms with Crippen molar-refractivity contribution in [1.82, 2.24) is 5.32 Å². The molecule has 0 saturated heterocycles. The van der Waals surface area contributed by atoms with Crippen molar-refractivity contribution in [3.05, 3.63) is 11.1 Å². The highest BCUT2D eigenvalue weighted by Gasteiger charge is 2.28. The van der Waals surface area contributed by atoms with Crippen molar-refractivity contribution in [2.45, 2.75) is 78.1 Å². The highest BCUT2D eigenvalue weighted by Crippen LogP contribution is 2.24. The molecule has 3 heteroatoms. The van der Waals surface area contributed by atoms with Crippen LogP contribution in [0.25, 0.3) is 0 Å². The maximum atomic E-state index is 11.8. The molecule has 1 aliphatic rings. The zero-order valence-corrected chi connectivity index (χ0v) is 12.4. The van der Waals surface area contributed by atoms with E-state index in [2.05, 4.69) is 19.2 Å². The van der Waals surface area contributed by atoms with Crippen molar-refractivity contribution in [1.29, 1.82) is 0 Å². The Morgan fingerprint density at radius 3 is 1.47 bits per heavy atom. The number of hydrogen-bond donors (Lipinski definition) is 1. The normalized spacial score (nSPS) is 15.3. The van der Waals surface area contributed by atoms with Crippen molar-refractivity contribution in [2.24, 2.45) is 0 Å². The first kappa shape index (κ1) is 15.9. The van der Waals surface area contributed by atoms with Crippen LogP contribution in [0.5, 0.6) is 0 Å². The molecular formula is C16H27NO2. The van der Waals surface area contributed by atoms with Gasteiger partial charge in [0.2, 0.25) is 0 Å². The minimum Gasteiger partial charge on any atom is -0.289 e. The summed E-state index contributed by atoms with van der Waals surface area (Å²) >= 11 is 0. The zero-order valence-electron chi connectivity index (χ0n) is 12.4. The van der Waals surface area contributed by atoms with E-state index in [1.54, 1.807) is 0 Å². The van der Waals surface area contributed by atoms with E-state index in [1.165, 1.54) is 25.7 Å². The lowest BCUT2D eigenvalue weighted by molar-refractivity contribution is -0.124. The summed E-state index contributed by atoms with van der Waals surface area (Å²) in [7, 11) is 0. The third-order valence-electron chi connectivity index (χ3n) is 3.70. The Kier molecular flexibility index (Phi) is 7.46. The Morgan fingerprint density at radius 2 is 1.11 bits per heavy atom. The third kappa shape index (κ3) is 5.17. The number of hydrogen-bond acceptors (Lipinski definition) is 2. The number of carbonyl (C=O) groups is 2. The molecule has 2 amide bonds.